The molecule has 6 nitrogen and oxygen atoms in total. The lowest BCUT2D eigenvalue weighted by Gasteiger charge is -2.21. The Bertz CT molecular complexity index is 504. The monoisotopic (exact) mass is 247 g/mol. The zero-order valence-electron chi connectivity index (χ0n) is 11.4. The quantitative estimate of drug-likeness (QED) is 0.777. The van der Waals surface area contributed by atoms with Crippen LogP contribution in [0, 0.1) is 25.2 Å². The highest BCUT2D eigenvalue weighted by Gasteiger charge is 2.17. The Morgan fingerprint density at radius 2 is 1.89 bits per heavy atom. The molecule has 1 heterocycles. The smallest absolute Gasteiger partial charge is 0.241 e. The summed E-state index contributed by atoms with van der Waals surface area (Å²) in [6.07, 6.45) is 0. The van der Waals surface area contributed by atoms with E-state index in [0.29, 0.717) is 11.4 Å². The second-order valence-corrected chi connectivity index (χ2v) is 4.37. The Morgan fingerprint density at radius 1 is 1.28 bits per heavy atom. The molecule has 0 atom stereocenters. The summed E-state index contributed by atoms with van der Waals surface area (Å²) in [5.41, 5.74) is 1.99. The maximum absolute atomic E-state index is 11.6. The molecule has 0 saturated heterocycles. The topological polar surface area (TPSA) is 73.1 Å². The minimum absolute atomic E-state index is 0.0542. The first-order chi connectivity index (χ1) is 8.38. The van der Waals surface area contributed by atoms with Gasteiger partial charge >= 0.3 is 0 Å². The van der Waals surface area contributed by atoms with Crippen molar-refractivity contribution in [2.24, 2.45) is 0 Å². The molecule has 1 aromatic heterocycles. The van der Waals surface area contributed by atoms with Gasteiger partial charge in [-0.25, -0.2) is 0 Å². The van der Waals surface area contributed by atoms with Crippen LogP contribution < -0.4 is 4.90 Å². The molecule has 1 rings (SSSR count). The van der Waals surface area contributed by atoms with Gasteiger partial charge in [0.15, 0.2) is 5.82 Å². The molecular weight excluding hydrogens is 230 g/mol. The molecule has 0 bridgehead atoms. The Hall–Kier alpha value is -2.16. The van der Waals surface area contributed by atoms with Gasteiger partial charge in [0, 0.05) is 21.1 Å². The first kappa shape index (κ1) is 13.9. The molecule has 0 aromatic carbocycles. The van der Waals surface area contributed by atoms with E-state index in [1.807, 2.05) is 6.92 Å². The minimum Gasteiger partial charge on any atom is -0.348 e. The molecular formula is C12H17N5O. The molecule has 0 saturated carbocycles. The van der Waals surface area contributed by atoms with E-state index < -0.39 is 0 Å². The zero-order chi connectivity index (χ0) is 13.9. The molecule has 0 aliphatic rings. The molecule has 0 aliphatic carbocycles. The number of anilines is 1. The average Bonchev–Trinajstić information content (AvgIpc) is 2.31. The number of hydrogen-bond donors (Lipinski definition) is 0. The van der Waals surface area contributed by atoms with Crippen LogP contribution in [0.4, 0.5) is 5.82 Å². The van der Waals surface area contributed by atoms with E-state index >= 15 is 0 Å². The highest BCUT2D eigenvalue weighted by molar-refractivity contribution is 5.81. The number of likely N-dealkylation sites (N-methyl/N-ethyl adjacent to an activating group) is 2. The number of hydrogen-bond acceptors (Lipinski definition) is 5. The van der Waals surface area contributed by atoms with Gasteiger partial charge in [-0.05, 0) is 19.4 Å². The van der Waals surface area contributed by atoms with Gasteiger partial charge in [0.1, 0.15) is 11.6 Å². The number of aryl methyl sites for hydroxylation is 1. The Morgan fingerprint density at radius 3 is 2.39 bits per heavy atom. The van der Waals surface area contributed by atoms with E-state index in [1.54, 1.807) is 33.0 Å². The van der Waals surface area contributed by atoms with Crippen molar-refractivity contribution in [1.82, 2.24) is 15.1 Å². The fourth-order valence-electron chi connectivity index (χ4n) is 1.42. The van der Waals surface area contributed by atoms with Gasteiger partial charge in [0.05, 0.1) is 12.2 Å². The highest BCUT2D eigenvalue weighted by Crippen LogP contribution is 2.19. The standard InChI is InChI=1S/C12H17N5O/c1-8-9(2)14-15-12(10(8)6-13)17(5)7-11(18)16(3)4/h7H2,1-5H3. The maximum Gasteiger partial charge on any atom is 0.241 e. The van der Waals surface area contributed by atoms with Crippen LogP contribution >= 0.6 is 0 Å². The molecule has 6 heteroatoms. The summed E-state index contributed by atoms with van der Waals surface area (Å²) in [7, 11) is 5.10. The average molecular weight is 247 g/mol. The van der Waals surface area contributed by atoms with Crippen molar-refractivity contribution in [3.63, 3.8) is 0 Å². The van der Waals surface area contributed by atoms with Gasteiger partial charge in [-0.15, -0.1) is 5.10 Å². The molecule has 0 spiro atoms. The van der Waals surface area contributed by atoms with Crippen molar-refractivity contribution in [2.45, 2.75) is 13.8 Å². The number of nitrogens with zero attached hydrogens (tertiary/aromatic N) is 5. The first-order valence-corrected chi connectivity index (χ1v) is 5.53. The van der Waals surface area contributed by atoms with E-state index in [2.05, 4.69) is 16.3 Å². The van der Waals surface area contributed by atoms with E-state index in [0.717, 1.165) is 11.3 Å². The van der Waals surface area contributed by atoms with Crippen LogP contribution in [0.5, 0.6) is 0 Å². The molecule has 0 aliphatic heterocycles. The van der Waals surface area contributed by atoms with Gasteiger partial charge in [-0.2, -0.15) is 10.4 Å². The van der Waals surface area contributed by atoms with Crippen molar-refractivity contribution in [2.75, 3.05) is 32.6 Å². The third kappa shape index (κ3) is 2.74. The lowest BCUT2D eigenvalue weighted by atomic mass is 10.1. The molecule has 1 aromatic rings. The maximum atomic E-state index is 11.6. The lowest BCUT2D eigenvalue weighted by molar-refractivity contribution is -0.127. The van der Waals surface area contributed by atoms with Crippen LogP contribution in [0.25, 0.3) is 0 Å². The van der Waals surface area contributed by atoms with Crippen molar-refractivity contribution in [3.8, 4) is 6.07 Å². The van der Waals surface area contributed by atoms with E-state index in [1.165, 1.54) is 4.90 Å². The number of carbonyl (C=O) groups is 1. The highest BCUT2D eigenvalue weighted by atomic mass is 16.2. The van der Waals surface area contributed by atoms with Crippen molar-refractivity contribution in [1.29, 1.82) is 5.26 Å². The largest absolute Gasteiger partial charge is 0.348 e. The van der Waals surface area contributed by atoms with E-state index in [9.17, 15) is 10.1 Å². The van der Waals surface area contributed by atoms with Gasteiger partial charge in [0.25, 0.3) is 0 Å². The van der Waals surface area contributed by atoms with Crippen LogP contribution in [-0.2, 0) is 4.79 Å². The summed E-state index contributed by atoms with van der Waals surface area (Å²) < 4.78 is 0. The van der Waals surface area contributed by atoms with Gasteiger partial charge in [-0.3, -0.25) is 4.79 Å². The van der Waals surface area contributed by atoms with Crippen LogP contribution in [0.2, 0.25) is 0 Å². The predicted octanol–water partition coefficient (Wildman–Crippen LogP) is 0.490. The predicted molar refractivity (Wildman–Crippen MR) is 68.2 cm³/mol. The van der Waals surface area contributed by atoms with Crippen LogP contribution in [0.15, 0.2) is 0 Å². The lowest BCUT2D eigenvalue weighted by Crippen LogP contribution is -2.35. The number of carbonyl (C=O) groups excluding carboxylic acids is 1. The summed E-state index contributed by atoms with van der Waals surface area (Å²) in [5.74, 6) is 0.386. The fourth-order valence-corrected chi connectivity index (χ4v) is 1.42. The third-order valence-corrected chi connectivity index (χ3v) is 2.78. The Labute approximate surface area is 107 Å². The second-order valence-electron chi connectivity index (χ2n) is 4.37. The van der Waals surface area contributed by atoms with Crippen molar-refractivity contribution < 1.29 is 4.79 Å². The van der Waals surface area contributed by atoms with Crippen LogP contribution in [-0.4, -0.2) is 48.7 Å². The number of rotatable bonds is 3. The minimum atomic E-state index is -0.0542. The molecule has 0 N–H and O–H groups in total. The normalized spacial score (nSPS) is 9.78. The third-order valence-electron chi connectivity index (χ3n) is 2.78. The summed E-state index contributed by atoms with van der Waals surface area (Å²) in [4.78, 5) is 14.8. The zero-order valence-corrected chi connectivity index (χ0v) is 11.4. The molecule has 0 unspecified atom stereocenters. The van der Waals surface area contributed by atoms with E-state index in [4.69, 9.17) is 0 Å². The molecule has 96 valence electrons. The molecule has 1 amide bonds. The molecule has 0 radical (unpaired) electrons. The summed E-state index contributed by atoms with van der Waals surface area (Å²) >= 11 is 0. The Kier molecular flexibility index (Phi) is 4.21. The van der Waals surface area contributed by atoms with Crippen molar-refractivity contribution >= 4 is 11.7 Å². The van der Waals surface area contributed by atoms with Gasteiger partial charge in [0.2, 0.25) is 5.91 Å². The van der Waals surface area contributed by atoms with Crippen LogP contribution in [0.1, 0.15) is 16.8 Å². The number of nitriles is 1. The fraction of sp³-hybridized carbons (Fsp3) is 0.500. The SMILES string of the molecule is Cc1nnc(N(C)CC(=O)N(C)C)c(C#N)c1C. The number of amides is 1. The van der Waals surface area contributed by atoms with Gasteiger partial charge < -0.3 is 9.80 Å². The summed E-state index contributed by atoms with van der Waals surface area (Å²) in [6.45, 7) is 3.80. The second kappa shape index (κ2) is 5.45. The van der Waals surface area contributed by atoms with Crippen molar-refractivity contribution in [3.05, 3.63) is 16.8 Å². The number of aromatic nitrogens is 2. The van der Waals surface area contributed by atoms with Crippen LogP contribution in [0.3, 0.4) is 0 Å². The van der Waals surface area contributed by atoms with E-state index in [-0.39, 0.29) is 12.5 Å². The first-order valence-electron chi connectivity index (χ1n) is 5.53. The summed E-state index contributed by atoms with van der Waals surface area (Å²) in [6, 6.07) is 2.12. The Balaban J connectivity index is 3.07. The molecule has 18 heavy (non-hydrogen) atoms. The summed E-state index contributed by atoms with van der Waals surface area (Å²) in [5, 5.41) is 17.2. The van der Waals surface area contributed by atoms with Gasteiger partial charge in [-0.1, -0.05) is 0 Å². The molecule has 0 fully saturated rings.